The van der Waals surface area contributed by atoms with Gasteiger partial charge < -0.3 is 5.11 Å². The van der Waals surface area contributed by atoms with Crippen molar-refractivity contribution < 1.29 is 9.90 Å². The van der Waals surface area contributed by atoms with Gasteiger partial charge in [-0.2, -0.15) is 0 Å². The van der Waals surface area contributed by atoms with Gasteiger partial charge in [0.05, 0.1) is 5.56 Å². The summed E-state index contributed by atoms with van der Waals surface area (Å²) >= 11 is 0. The van der Waals surface area contributed by atoms with E-state index >= 15 is 0 Å². The molecule has 1 aliphatic rings. The first-order valence-corrected chi connectivity index (χ1v) is 3.99. The van der Waals surface area contributed by atoms with Crippen LogP contribution in [0.4, 0.5) is 0 Å². The molecule has 0 bridgehead atoms. The van der Waals surface area contributed by atoms with E-state index in [0.717, 1.165) is 30.5 Å². The Morgan fingerprint density at radius 3 is 3.08 bits per heavy atom. The highest BCUT2D eigenvalue weighted by molar-refractivity contribution is 5.89. The molecule has 12 heavy (non-hydrogen) atoms. The number of carbonyl (C=O) groups is 1. The van der Waals surface area contributed by atoms with Crippen LogP contribution in [0.1, 0.15) is 28.0 Å². The number of fused-ring (bicyclic) bond motifs is 1. The average molecular weight is 163 g/mol. The third-order valence-corrected chi connectivity index (χ3v) is 2.22. The molecule has 0 amide bonds. The van der Waals surface area contributed by atoms with Crippen LogP contribution in [-0.4, -0.2) is 16.1 Å². The minimum atomic E-state index is -0.837. The second-order valence-corrected chi connectivity index (χ2v) is 2.94. The molecule has 1 aliphatic carbocycles. The van der Waals surface area contributed by atoms with Crippen LogP contribution in [0.5, 0.6) is 0 Å². The summed E-state index contributed by atoms with van der Waals surface area (Å²) in [6.45, 7) is 0. The van der Waals surface area contributed by atoms with Crippen molar-refractivity contribution in [2.24, 2.45) is 0 Å². The second-order valence-electron chi connectivity index (χ2n) is 2.94. The van der Waals surface area contributed by atoms with Crippen molar-refractivity contribution in [1.82, 2.24) is 4.98 Å². The van der Waals surface area contributed by atoms with Gasteiger partial charge in [0.15, 0.2) is 0 Å². The van der Waals surface area contributed by atoms with Crippen LogP contribution >= 0.6 is 0 Å². The van der Waals surface area contributed by atoms with E-state index < -0.39 is 5.97 Å². The van der Waals surface area contributed by atoms with E-state index in [1.54, 1.807) is 12.3 Å². The number of hydrogen-bond donors (Lipinski definition) is 1. The fourth-order valence-electron chi connectivity index (χ4n) is 1.66. The summed E-state index contributed by atoms with van der Waals surface area (Å²) < 4.78 is 0. The van der Waals surface area contributed by atoms with Crippen molar-refractivity contribution in [3.05, 3.63) is 29.1 Å². The molecule has 3 heteroatoms. The van der Waals surface area contributed by atoms with Crippen molar-refractivity contribution in [2.75, 3.05) is 0 Å². The number of carboxylic acid groups (broad SMARTS) is 1. The topological polar surface area (TPSA) is 50.2 Å². The Morgan fingerprint density at radius 1 is 1.50 bits per heavy atom. The molecule has 0 aromatic carbocycles. The van der Waals surface area contributed by atoms with E-state index in [-0.39, 0.29) is 0 Å². The average Bonchev–Trinajstić information content (AvgIpc) is 2.49. The molecule has 0 unspecified atom stereocenters. The Balaban J connectivity index is 2.56. The largest absolute Gasteiger partial charge is 0.478 e. The van der Waals surface area contributed by atoms with Crippen molar-refractivity contribution in [1.29, 1.82) is 0 Å². The van der Waals surface area contributed by atoms with Gasteiger partial charge in [0.25, 0.3) is 0 Å². The van der Waals surface area contributed by atoms with Gasteiger partial charge in [-0.3, -0.25) is 4.98 Å². The van der Waals surface area contributed by atoms with Gasteiger partial charge in [-0.05, 0) is 30.9 Å². The van der Waals surface area contributed by atoms with Gasteiger partial charge in [-0.15, -0.1) is 0 Å². The fourth-order valence-corrected chi connectivity index (χ4v) is 1.66. The van der Waals surface area contributed by atoms with E-state index in [1.807, 2.05) is 0 Å². The molecule has 0 aliphatic heterocycles. The van der Waals surface area contributed by atoms with Crippen LogP contribution in [-0.2, 0) is 12.8 Å². The predicted molar refractivity (Wildman–Crippen MR) is 43.2 cm³/mol. The standard InChI is InChI=1S/C9H9NO2/c11-9(12)7-4-5-10-8-3-1-2-6(7)8/h4-5H,1-3H2,(H,11,12). The molecule has 1 heterocycles. The van der Waals surface area contributed by atoms with Crippen molar-refractivity contribution >= 4 is 5.97 Å². The zero-order valence-electron chi connectivity index (χ0n) is 6.58. The summed E-state index contributed by atoms with van der Waals surface area (Å²) in [6.07, 6.45) is 4.40. The summed E-state index contributed by atoms with van der Waals surface area (Å²) in [7, 11) is 0. The molecule has 0 radical (unpaired) electrons. The van der Waals surface area contributed by atoms with Crippen molar-refractivity contribution in [2.45, 2.75) is 19.3 Å². The Kier molecular flexibility index (Phi) is 1.57. The van der Waals surface area contributed by atoms with E-state index in [4.69, 9.17) is 5.11 Å². The number of rotatable bonds is 1. The molecule has 2 rings (SSSR count). The molecule has 3 nitrogen and oxygen atoms in total. The first-order valence-electron chi connectivity index (χ1n) is 3.99. The summed E-state index contributed by atoms with van der Waals surface area (Å²) in [6, 6.07) is 1.58. The van der Waals surface area contributed by atoms with E-state index in [9.17, 15) is 4.79 Å². The van der Waals surface area contributed by atoms with Gasteiger partial charge in [0, 0.05) is 11.9 Å². The van der Waals surface area contributed by atoms with Gasteiger partial charge in [0.2, 0.25) is 0 Å². The van der Waals surface area contributed by atoms with Crippen LogP contribution in [0.15, 0.2) is 12.3 Å². The molecular formula is C9H9NO2. The number of nitrogens with zero attached hydrogens (tertiary/aromatic N) is 1. The highest BCUT2D eigenvalue weighted by atomic mass is 16.4. The summed E-state index contributed by atoms with van der Waals surface area (Å²) in [5, 5.41) is 8.82. The Hall–Kier alpha value is -1.38. The van der Waals surface area contributed by atoms with E-state index in [2.05, 4.69) is 4.98 Å². The first-order chi connectivity index (χ1) is 5.79. The third kappa shape index (κ3) is 0.978. The van der Waals surface area contributed by atoms with E-state index in [0.29, 0.717) is 5.56 Å². The summed E-state index contributed by atoms with van der Waals surface area (Å²) in [4.78, 5) is 14.9. The highest BCUT2D eigenvalue weighted by Crippen LogP contribution is 2.22. The van der Waals surface area contributed by atoms with Gasteiger partial charge >= 0.3 is 5.97 Å². The third-order valence-electron chi connectivity index (χ3n) is 2.22. The van der Waals surface area contributed by atoms with Crippen LogP contribution in [0.25, 0.3) is 0 Å². The molecule has 1 aromatic rings. The van der Waals surface area contributed by atoms with Gasteiger partial charge in [-0.1, -0.05) is 0 Å². The van der Waals surface area contributed by atoms with Crippen LogP contribution in [0.2, 0.25) is 0 Å². The van der Waals surface area contributed by atoms with Crippen LogP contribution in [0.3, 0.4) is 0 Å². The van der Waals surface area contributed by atoms with Crippen LogP contribution < -0.4 is 0 Å². The first kappa shape index (κ1) is 7.28. The molecule has 0 saturated carbocycles. The lowest BCUT2D eigenvalue weighted by Gasteiger charge is -2.01. The lowest BCUT2D eigenvalue weighted by atomic mass is 10.1. The molecule has 1 aromatic heterocycles. The lowest BCUT2D eigenvalue weighted by Crippen LogP contribution is -2.02. The minimum absolute atomic E-state index is 0.428. The molecule has 0 fully saturated rings. The van der Waals surface area contributed by atoms with Gasteiger partial charge in [-0.25, -0.2) is 4.79 Å². The maximum Gasteiger partial charge on any atom is 0.336 e. The quantitative estimate of drug-likeness (QED) is 0.678. The number of aromatic carboxylic acids is 1. The maximum atomic E-state index is 10.7. The van der Waals surface area contributed by atoms with Crippen molar-refractivity contribution in [3.63, 3.8) is 0 Å². The molecular weight excluding hydrogens is 154 g/mol. The molecule has 0 spiro atoms. The fraction of sp³-hybridized carbons (Fsp3) is 0.333. The summed E-state index contributed by atoms with van der Waals surface area (Å²) in [5.41, 5.74) is 2.33. The van der Waals surface area contributed by atoms with Gasteiger partial charge in [0.1, 0.15) is 0 Å². The normalized spacial score (nSPS) is 14.3. The number of aryl methyl sites for hydroxylation is 1. The minimum Gasteiger partial charge on any atom is -0.478 e. The summed E-state index contributed by atoms with van der Waals surface area (Å²) in [5.74, 6) is -0.837. The Labute approximate surface area is 70.1 Å². The van der Waals surface area contributed by atoms with E-state index in [1.165, 1.54) is 0 Å². The Bertz CT molecular complexity index is 333. The van der Waals surface area contributed by atoms with Crippen LogP contribution in [0, 0.1) is 0 Å². The Morgan fingerprint density at radius 2 is 2.33 bits per heavy atom. The number of hydrogen-bond acceptors (Lipinski definition) is 2. The molecule has 0 atom stereocenters. The molecule has 0 saturated heterocycles. The molecule has 62 valence electrons. The zero-order valence-corrected chi connectivity index (χ0v) is 6.58. The van der Waals surface area contributed by atoms with Crippen molar-refractivity contribution in [3.8, 4) is 0 Å². The SMILES string of the molecule is O=C(O)c1ccnc2c1CCC2. The highest BCUT2D eigenvalue weighted by Gasteiger charge is 2.18. The molecule has 1 N–H and O–H groups in total. The zero-order chi connectivity index (χ0) is 8.55. The smallest absolute Gasteiger partial charge is 0.336 e. The second kappa shape index (κ2) is 2.59. The number of pyridine rings is 1. The number of carboxylic acids is 1. The monoisotopic (exact) mass is 163 g/mol. The lowest BCUT2D eigenvalue weighted by molar-refractivity contribution is 0.0695. The number of aromatic nitrogens is 1. The predicted octanol–water partition coefficient (Wildman–Crippen LogP) is 1.27. The maximum absolute atomic E-state index is 10.7.